The van der Waals surface area contributed by atoms with Gasteiger partial charge in [-0.15, -0.1) is 11.3 Å². The number of nitrogens with zero attached hydrogens (tertiary/aromatic N) is 4. The summed E-state index contributed by atoms with van der Waals surface area (Å²) >= 11 is 1.53. The van der Waals surface area contributed by atoms with Crippen molar-refractivity contribution in [3.05, 3.63) is 11.4 Å². The van der Waals surface area contributed by atoms with Gasteiger partial charge in [0.15, 0.2) is 0 Å². The number of anilines is 2. The first-order valence-corrected chi connectivity index (χ1v) is 7.58. The van der Waals surface area contributed by atoms with Crippen LogP contribution in [0.3, 0.4) is 0 Å². The maximum Gasteiger partial charge on any atom is 0.247 e. The Hall–Kier alpha value is -1.93. The number of thiophene rings is 1. The standard InChI is InChI=1S/C13H18N6OS/c1-13(2)11(20)18(3)5-6-19(13)9-8-4-7-21-10(8)16-12(15-9)17-14/h4,7H,5-6,14H2,1-3H3,(H,15,16,17). The lowest BCUT2D eigenvalue weighted by molar-refractivity contribution is -0.136. The summed E-state index contributed by atoms with van der Waals surface area (Å²) in [6, 6.07) is 1.98. The van der Waals surface area contributed by atoms with Gasteiger partial charge in [0.2, 0.25) is 11.9 Å². The molecule has 2 aromatic heterocycles. The van der Waals surface area contributed by atoms with Gasteiger partial charge in [-0.05, 0) is 25.3 Å². The molecule has 112 valence electrons. The summed E-state index contributed by atoms with van der Waals surface area (Å²) in [5.74, 6) is 6.66. The molecular formula is C13H18N6OS. The lowest BCUT2D eigenvalue weighted by Crippen LogP contribution is -2.62. The van der Waals surface area contributed by atoms with Gasteiger partial charge in [0.25, 0.3) is 0 Å². The smallest absolute Gasteiger partial charge is 0.247 e. The summed E-state index contributed by atoms with van der Waals surface area (Å²) in [7, 11) is 1.83. The highest BCUT2D eigenvalue weighted by molar-refractivity contribution is 7.16. The molecule has 3 N–H and O–H groups in total. The Morgan fingerprint density at radius 3 is 2.86 bits per heavy atom. The molecule has 3 rings (SSSR count). The van der Waals surface area contributed by atoms with Crippen LogP contribution in [-0.2, 0) is 4.79 Å². The highest BCUT2D eigenvalue weighted by Crippen LogP contribution is 2.34. The van der Waals surface area contributed by atoms with Crippen molar-refractivity contribution in [2.24, 2.45) is 5.84 Å². The number of fused-ring (bicyclic) bond motifs is 1. The maximum atomic E-state index is 12.5. The largest absolute Gasteiger partial charge is 0.342 e. The van der Waals surface area contributed by atoms with Crippen LogP contribution in [0.15, 0.2) is 11.4 Å². The normalized spacial score (nSPS) is 18.4. The van der Waals surface area contributed by atoms with E-state index in [9.17, 15) is 4.79 Å². The Morgan fingerprint density at radius 1 is 1.38 bits per heavy atom. The van der Waals surface area contributed by atoms with Crippen molar-refractivity contribution < 1.29 is 4.79 Å². The summed E-state index contributed by atoms with van der Waals surface area (Å²) in [6.45, 7) is 5.23. The minimum atomic E-state index is -0.651. The van der Waals surface area contributed by atoms with Gasteiger partial charge in [0.1, 0.15) is 16.2 Å². The van der Waals surface area contributed by atoms with Crippen molar-refractivity contribution in [3.63, 3.8) is 0 Å². The van der Waals surface area contributed by atoms with E-state index >= 15 is 0 Å². The molecule has 0 spiro atoms. The number of hydrogen-bond donors (Lipinski definition) is 2. The van der Waals surface area contributed by atoms with Crippen LogP contribution in [-0.4, -0.2) is 46.5 Å². The highest BCUT2D eigenvalue weighted by Gasteiger charge is 2.42. The number of carbonyl (C=O) groups is 1. The summed E-state index contributed by atoms with van der Waals surface area (Å²) < 4.78 is 0. The molecule has 1 fully saturated rings. The van der Waals surface area contributed by atoms with Gasteiger partial charge in [-0.1, -0.05) is 0 Å². The number of aromatic nitrogens is 2. The van der Waals surface area contributed by atoms with Crippen LogP contribution in [0.5, 0.6) is 0 Å². The molecule has 1 saturated heterocycles. The summed E-state index contributed by atoms with van der Waals surface area (Å²) in [4.78, 5) is 25.9. The van der Waals surface area contributed by atoms with E-state index in [-0.39, 0.29) is 5.91 Å². The van der Waals surface area contributed by atoms with Crippen molar-refractivity contribution in [3.8, 4) is 0 Å². The van der Waals surface area contributed by atoms with Gasteiger partial charge in [-0.3, -0.25) is 10.2 Å². The van der Waals surface area contributed by atoms with Crippen molar-refractivity contribution in [1.29, 1.82) is 0 Å². The third kappa shape index (κ3) is 2.11. The molecule has 0 radical (unpaired) electrons. The van der Waals surface area contributed by atoms with Crippen LogP contribution in [0.4, 0.5) is 11.8 Å². The molecular weight excluding hydrogens is 288 g/mol. The Labute approximate surface area is 126 Å². The average molecular weight is 306 g/mol. The van der Waals surface area contributed by atoms with Crippen LogP contribution in [0.25, 0.3) is 10.2 Å². The van der Waals surface area contributed by atoms with Crippen LogP contribution in [0, 0.1) is 0 Å². The molecule has 0 bridgehead atoms. The molecule has 0 saturated carbocycles. The quantitative estimate of drug-likeness (QED) is 0.636. The molecule has 2 aromatic rings. The number of likely N-dealkylation sites (N-methyl/N-ethyl adjacent to an activating group) is 1. The Morgan fingerprint density at radius 2 is 2.14 bits per heavy atom. The predicted octanol–water partition coefficient (Wildman–Crippen LogP) is 1.03. The number of amides is 1. The van der Waals surface area contributed by atoms with E-state index in [1.165, 1.54) is 11.3 Å². The van der Waals surface area contributed by atoms with E-state index in [0.717, 1.165) is 22.6 Å². The van der Waals surface area contributed by atoms with Crippen LogP contribution in [0.1, 0.15) is 13.8 Å². The average Bonchev–Trinajstić information content (AvgIpc) is 2.92. The number of nitrogens with one attached hydrogen (secondary N) is 1. The lowest BCUT2D eigenvalue weighted by Gasteiger charge is -2.45. The number of piperazine rings is 1. The van der Waals surface area contributed by atoms with E-state index in [2.05, 4.69) is 15.4 Å². The first-order valence-electron chi connectivity index (χ1n) is 6.70. The molecule has 0 unspecified atom stereocenters. The van der Waals surface area contributed by atoms with Gasteiger partial charge >= 0.3 is 0 Å². The molecule has 8 heteroatoms. The Balaban J connectivity index is 2.15. The molecule has 0 aliphatic carbocycles. The molecule has 7 nitrogen and oxygen atoms in total. The second-order valence-electron chi connectivity index (χ2n) is 5.59. The summed E-state index contributed by atoms with van der Waals surface area (Å²) in [6.07, 6.45) is 0. The van der Waals surface area contributed by atoms with E-state index in [1.807, 2.05) is 37.2 Å². The third-order valence-electron chi connectivity index (χ3n) is 3.89. The van der Waals surface area contributed by atoms with E-state index in [0.29, 0.717) is 12.5 Å². The van der Waals surface area contributed by atoms with Crippen LogP contribution >= 0.6 is 11.3 Å². The summed E-state index contributed by atoms with van der Waals surface area (Å²) in [5, 5.41) is 2.91. The molecule has 1 amide bonds. The van der Waals surface area contributed by atoms with Gasteiger partial charge in [-0.2, -0.15) is 4.98 Å². The van der Waals surface area contributed by atoms with Crippen molar-refractivity contribution in [2.75, 3.05) is 30.5 Å². The Kier molecular flexibility index (Phi) is 3.22. The fourth-order valence-electron chi connectivity index (χ4n) is 2.69. The van der Waals surface area contributed by atoms with E-state index in [1.54, 1.807) is 4.90 Å². The summed E-state index contributed by atoms with van der Waals surface area (Å²) in [5.41, 5.74) is 1.85. The predicted molar refractivity (Wildman–Crippen MR) is 84.3 cm³/mol. The first kappa shape index (κ1) is 14.0. The van der Waals surface area contributed by atoms with Crippen LogP contribution < -0.4 is 16.2 Å². The SMILES string of the molecule is CN1CCN(c2nc(NN)nc3sccc23)C(C)(C)C1=O. The number of nitrogens with two attached hydrogens (primary N) is 1. The molecule has 1 aliphatic rings. The minimum absolute atomic E-state index is 0.0815. The van der Waals surface area contributed by atoms with Gasteiger partial charge < -0.3 is 9.80 Å². The number of hydrazine groups is 1. The van der Waals surface area contributed by atoms with Gasteiger partial charge in [0.05, 0.1) is 5.39 Å². The zero-order valence-corrected chi connectivity index (χ0v) is 13.1. The molecule has 1 aliphatic heterocycles. The Bertz CT molecular complexity index is 697. The third-order valence-corrected chi connectivity index (χ3v) is 4.70. The van der Waals surface area contributed by atoms with Crippen molar-refractivity contribution in [2.45, 2.75) is 19.4 Å². The van der Waals surface area contributed by atoms with E-state index in [4.69, 9.17) is 5.84 Å². The second-order valence-corrected chi connectivity index (χ2v) is 6.49. The fourth-order valence-corrected chi connectivity index (χ4v) is 3.45. The maximum absolute atomic E-state index is 12.5. The van der Waals surface area contributed by atoms with Crippen LogP contribution in [0.2, 0.25) is 0 Å². The number of rotatable bonds is 2. The van der Waals surface area contributed by atoms with E-state index < -0.39 is 5.54 Å². The van der Waals surface area contributed by atoms with Gasteiger partial charge in [-0.25, -0.2) is 10.8 Å². The van der Waals surface area contributed by atoms with Crippen molar-refractivity contribution in [1.82, 2.24) is 14.9 Å². The zero-order valence-electron chi connectivity index (χ0n) is 12.3. The molecule has 21 heavy (non-hydrogen) atoms. The molecule has 0 aromatic carbocycles. The lowest BCUT2D eigenvalue weighted by atomic mass is 9.97. The minimum Gasteiger partial charge on any atom is -0.342 e. The number of nitrogen functional groups attached to an aromatic ring is 1. The number of carbonyl (C=O) groups excluding carboxylic acids is 1. The van der Waals surface area contributed by atoms with Gasteiger partial charge in [0, 0.05) is 20.1 Å². The monoisotopic (exact) mass is 306 g/mol. The fraction of sp³-hybridized carbons (Fsp3) is 0.462. The van der Waals surface area contributed by atoms with Crippen molar-refractivity contribution >= 4 is 39.2 Å². The first-order chi connectivity index (χ1) is 9.95. The second kappa shape index (κ2) is 4.81. The topological polar surface area (TPSA) is 87.4 Å². The molecule has 0 atom stereocenters. The number of hydrogen-bond acceptors (Lipinski definition) is 7. The molecule has 3 heterocycles. The zero-order chi connectivity index (χ0) is 15.2. The highest BCUT2D eigenvalue weighted by atomic mass is 32.1.